The summed E-state index contributed by atoms with van der Waals surface area (Å²) in [5.74, 6) is 2.34. The highest BCUT2D eigenvalue weighted by Gasteiger charge is 2.19. The quantitative estimate of drug-likeness (QED) is 0.885. The van der Waals surface area contributed by atoms with Crippen molar-refractivity contribution >= 4 is 0 Å². The highest BCUT2D eigenvalue weighted by molar-refractivity contribution is 5.70. The number of imidazole rings is 1. The number of rotatable bonds is 3. The van der Waals surface area contributed by atoms with Crippen molar-refractivity contribution in [2.45, 2.75) is 20.3 Å². The Kier molecular flexibility index (Phi) is 2.91. The zero-order chi connectivity index (χ0) is 13.4. The Morgan fingerprint density at radius 2 is 2.00 bits per heavy atom. The van der Waals surface area contributed by atoms with E-state index < -0.39 is 0 Å². The maximum atomic E-state index is 8.98. The molecule has 0 bridgehead atoms. The number of aliphatic hydroxyl groups is 1. The van der Waals surface area contributed by atoms with E-state index >= 15 is 0 Å². The number of benzene rings is 1. The van der Waals surface area contributed by atoms with Gasteiger partial charge in [0.2, 0.25) is 6.79 Å². The first-order valence-electron chi connectivity index (χ1n) is 6.26. The molecule has 1 aliphatic rings. The molecule has 0 amide bonds. The van der Waals surface area contributed by atoms with Gasteiger partial charge in [0.15, 0.2) is 11.5 Å². The summed E-state index contributed by atoms with van der Waals surface area (Å²) in [5.41, 5.74) is 4.02. The van der Waals surface area contributed by atoms with Gasteiger partial charge in [-0.1, -0.05) is 0 Å². The minimum Gasteiger partial charge on any atom is -0.454 e. The van der Waals surface area contributed by atoms with E-state index in [0.717, 1.165) is 39.8 Å². The Morgan fingerprint density at radius 1 is 1.26 bits per heavy atom. The molecule has 19 heavy (non-hydrogen) atoms. The van der Waals surface area contributed by atoms with Gasteiger partial charge < -0.3 is 19.6 Å². The third kappa shape index (κ3) is 2.06. The standard InChI is InChI=1S/C14H16N2O3/c1-8-5-11-12(19-7-18-11)6-10(8)14-9(2)15-13(16-14)3-4-17/h5-6,17H,3-4,7H2,1-2H3,(H,15,16). The Hall–Kier alpha value is -2.01. The molecule has 0 aliphatic carbocycles. The number of H-pyrrole nitrogens is 1. The molecule has 3 rings (SSSR count). The predicted molar refractivity (Wildman–Crippen MR) is 70.4 cm³/mol. The number of aryl methyl sites for hydroxylation is 2. The van der Waals surface area contributed by atoms with Crippen LogP contribution in [-0.4, -0.2) is 28.5 Å². The minimum atomic E-state index is 0.0898. The molecule has 0 unspecified atom stereocenters. The number of hydrogen-bond donors (Lipinski definition) is 2. The molecule has 2 heterocycles. The summed E-state index contributed by atoms with van der Waals surface area (Å²) in [6, 6.07) is 3.93. The van der Waals surface area contributed by atoms with Gasteiger partial charge in [-0.15, -0.1) is 0 Å². The van der Waals surface area contributed by atoms with E-state index in [4.69, 9.17) is 14.6 Å². The van der Waals surface area contributed by atoms with Crippen molar-refractivity contribution in [2.24, 2.45) is 0 Å². The maximum Gasteiger partial charge on any atom is 0.231 e. The summed E-state index contributed by atoms with van der Waals surface area (Å²) in [6.45, 7) is 4.37. The van der Waals surface area contributed by atoms with E-state index in [1.807, 2.05) is 26.0 Å². The first-order valence-corrected chi connectivity index (χ1v) is 6.26. The van der Waals surface area contributed by atoms with Gasteiger partial charge in [-0.2, -0.15) is 0 Å². The Bertz CT molecular complexity index is 619. The number of ether oxygens (including phenoxy) is 2. The summed E-state index contributed by atoms with van der Waals surface area (Å²) in [5, 5.41) is 8.98. The lowest BCUT2D eigenvalue weighted by Crippen LogP contribution is -1.93. The number of hydrogen-bond acceptors (Lipinski definition) is 4. The smallest absolute Gasteiger partial charge is 0.231 e. The van der Waals surface area contributed by atoms with Gasteiger partial charge in [0.1, 0.15) is 5.82 Å². The average Bonchev–Trinajstić information content (AvgIpc) is 2.95. The molecule has 1 aliphatic heterocycles. The zero-order valence-electron chi connectivity index (χ0n) is 11.0. The van der Waals surface area contributed by atoms with Crippen LogP contribution in [0.2, 0.25) is 0 Å². The van der Waals surface area contributed by atoms with Crippen molar-refractivity contribution in [1.29, 1.82) is 0 Å². The molecule has 0 spiro atoms. The molecule has 0 atom stereocenters. The summed E-state index contributed by atoms with van der Waals surface area (Å²) >= 11 is 0. The van der Waals surface area contributed by atoms with E-state index in [1.165, 1.54) is 0 Å². The Morgan fingerprint density at radius 3 is 2.74 bits per heavy atom. The molecule has 0 fully saturated rings. The number of aromatic amines is 1. The third-order valence-electron chi connectivity index (χ3n) is 3.26. The SMILES string of the molecule is Cc1cc2c(cc1-c1nc(CCO)[nH]c1C)OCO2. The van der Waals surface area contributed by atoms with Crippen LogP contribution in [0.5, 0.6) is 11.5 Å². The van der Waals surface area contributed by atoms with Crippen molar-refractivity contribution in [2.75, 3.05) is 13.4 Å². The fraction of sp³-hybridized carbons (Fsp3) is 0.357. The molecule has 0 saturated carbocycles. The van der Waals surface area contributed by atoms with E-state index in [2.05, 4.69) is 9.97 Å². The van der Waals surface area contributed by atoms with Crippen molar-refractivity contribution in [3.8, 4) is 22.8 Å². The molecular weight excluding hydrogens is 244 g/mol. The van der Waals surface area contributed by atoms with Crippen LogP contribution in [0.25, 0.3) is 11.3 Å². The van der Waals surface area contributed by atoms with Gasteiger partial charge in [-0.3, -0.25) is 0 Å². The van der Waals surface area contributed by atoms with Crippen LogP contribution in [0.1, 0.15) is 17.1 Å². The highest BCUT2D eigenvalue weighted by atomic mass is 16.7. The Balaban J connectivity index is 2.06. The number of fused-ring (bicyclic) bond motifs is 1. The monoisotopic (exact) mass is 260 g/mol. The lowest BCUT2D eigenvalue weighted by atomic mass is 10.0. The van der Waals surface area contributed by atoms with Crippen LogP contribution in [0, 0.1) is 13.8 Å². The molecule has 2 aromatic rings. The van der Waals surface area contributed by atoms with Gasteiger partial charge in [0.05, 0.1) is 12.3 Å². The largest absolute Gasteiger partial charge is 0.454 e. The molecule has 0 radical (unpaired) electrons. The predicted octanol–water partition coefficient (Wildman–Crippen LogP) is 1.96. The Labute approximate surface area is 111 Å². The molecule has 1 aromatic carbocycles. The van der Waals surface area contributed by atoms with E-state index in [9.17, 15) is 0 Å². The lowest BCUT2D eigenvalue weighted by Gasteiger charge is -2.06. The fourth-order valence-corrected chi connectivity index (χ4v) is 2.31. The molecule has 5 nitrogen and oxygen atoms in total. The molecule has 0 saturated heterocycles. The number of aliphatic hydroxyl groups excluding tert-OH is 1. The van der Waals surface area contributed by atoms with Crippen LogP contribution < -0.4 is 9.47 Å². The normalized spacial score (nSPS) is 13.0. The average molecular weight is 260 g/mol. The fourth-order valence-electron chi connectivity index (χ4n) is 2.31. The van der Waals surface area contributed by atoms with Crippen LogP contribution in [0.4, 0.5) is 0 Å². The van der Waals surface area contributed by atoms with Crippen LogP contribution in [-0.2, 0) is 6.42 Å². The van der Waals surface area contributed by atoms with Gasteiger partial charge in [0.25, 0.3) is 0 Å². The number of nitrogens with one attached hydrogen (secondary N) is 1. The lowest BCUT2D eigenvalue weighted by molar-refractivity contribution is 0.174. The molecule has 2 N–H and O–H groups in total. The minimum absolute atomic E-state index is 0.0898. The summed E-state index contributed by atoms with van der Waals surface area (Å²) in [7, 11) is 0. The van der Waals surface area contributed by atoms with Crippen LogP contribution in [0.3, 0.4) is 0 Å². The second-order valence-electron chi connectivity index (χ2n) is 4.65. The maximum absolute atomic E-state index is 8.98. The summed E-state index contributed by atoms with van der Waals surface area (Å²) in [4.78, 5) is 7.74. The van der Waals surface area contributed by atoms with Gasteiger partial charge in [-0.25, -0.2) is 4.98 Å². The molecule has 5 heteroatoms. The second kappa shape index (κ2) is 4.59. The molecular formula is C14H16N2O3. The molecule has 1 aromatic heterocycles. The van der Waals surface area contributed by atoms with Crippen LogP contribution >= 0.6 is 0 Å². The van der Waals surface area contributed by atoms with Crippen LogP contribution in [0.15, 0.2) is 12.1 Å². The zero-order valence-corrected chi connectivity index (χ0v) is 11.0. The number of aromatic nitrogens is 2. The van der Waals surface area contributed by atoms with E-state index in [0.29, 0.717) is 6.42 Å². The van der Waals surface area contributed by atoms with Gasteiger partial charge in [0, 0.05) is 17.7 Å². The summed E-state index contributed by atoms with van der Waals surface area (Å²) < 4.78 is 10.8. The van der Waals surface area contributed by atoms with Crippen molar-refractivity contribution < 1.29 is 14.6 Å². The topological polar surface area (TPSA) is 67.4 Å². The highest BCUT2D eigenvalue weighted by Crippen LogP contribution is 2.38. The van der Waals surface area contributed by atoms with E-state index in [-0.39, 0.29) is 13.4 Å². The molecule has 100 valence electrons. The first kappa shape index (κ1) is 12.0. The van der Waals surface area contributed by atoms with Crippen molar-refractivity contribution in [3.05, 3.63) is 29.2 Å². The van der Waals surface area contributed by atoms with Gasteiger partial charge >= 0.3 is 0 Å². The number of nitrogens with zero attached hydrogens (tertiary/aromatic N) is 1. The first-order chi connectivity index (χ1) is 9.19. The summed E-state index contributed by atoms with van der Waals surface area (Å²) in [6.07, 6.45) is 0.532. The van der Waals surface area contributed by atoms with Crippen molar-refractivity contribution in [3.63, 3.8) is 0 Å². The van der Waals surface area contributed by atoms with Gasteiger partial charge in [-0.05, 0) is 31.5 Å². The third-order valence-corrected chi connectivity index (χ3v) is 3.26. The second-order valence-corrected chi connectivity index (χ2v) is 4.65. The van der Waals surface area contributed by atoms with Crippen molar-refractivity contribution in [1.82, 2.24) is 9.97 Å². The van der Waals surface area contributed by atoms with E-state index in [1.54, 1.807) is 0 Å².